The number of nitrogens with one attached hydrogen (secondary N) is 1. The van der Waals surface area contributed by atoms with Crippen molar-refractivity contribution in [2.24, 2.45) is 0 Å². The molecule has 170 valence electrons. The van der Waals surface area contributed by atoms with E-state index in [1.807, 2.05) is 50.2 Å². The highest BCUT2D eigenvalue weighted by atomic mass is 16.6. The number of hydrogen-bond acceptors (Lipinski definition) is 4. The van der Waals surface area contributed by atoms with Gasteiger partial charge in [-0.25, -0.2) is 4.79 Å². The minimum Gasteiger partial charge on any atom is -0.494 e. The lowest BCUT2D eigenvalue weighted by atomic mass is 9.82. The molecule has 6 heteroatoms. The number of aromatic nitrogens is 1. The molecule has 2 aromatic carbocycles. The summed E-state index contributed by atoms with van der Waals surface area (Å²) in [7, 11) is 0. The maximum absolute atomic E-state index is 12.3. The molecule has 5 rings (SSSR count). The van der Waals surface area contributed by atoms with Gasteiger partial charge in [-0.05, 0) is 82.2 Å². The fourth-order valence-corrected chi connectivity index (χ4v) is 4.82. The Morgan fingerprint density at radius 2 is 1.94 bits per heavy atom. The van der Waals surface area contributed by atoms with Crippen molar-refractivity contribution in [3.8, 4) is 23.1 Å². The summed E-state index contributed by atoms with van der Waals surface area (Å²) in [5.41, 5.74) is 3.94. The first-order valence-electron chi connectivity index (χ1n) is 11.8. The zero-order valence-corrected chi connectivity index (χ0v) is 19.2. The van der Waals surface area contributed by atoms with Crippen LogP contribution >= 0.6 is 0 Å². The Labute approximate surface area is 194 Å². The zero-order valence-electron chi connectivity index (χ0n) is 19.2. The van der Waals surface area contributed by atoms with E-state index in [1.54, 1.807) is 0 Å². The zero-order chi connectivity index (χ0) is 23.0. The van der Waals surface area contributed by atoms with Crippen molar-refractivity contribution in [1.29, 1.82) is 5.26 Å². The molecule has 0 saturated heterocycles. The van der Waals surface area contributed by atoms with Crippen molar-refractivity contribution in [2.45, 2.75) is 64.0 Å². The van der Waals surface area contributed by atoms with Crippen molar-refractivity contribution < 1.29 is 14.3 Å². The Hall–Kier alpha value is -3.46. The van der Waals surface area contributed by atoms with Gasteiger partial charge >= 0.3 is 6.09 Å². The number of rotatable bonds is 6. The first kappa shape index (κ1) is 21.4. The molecule has 0 aliphatic heterocycles. The largest absolute Gasteiger partial charge is 0.494 e. The molecule has 1 aromatic heterocycles. The molecule has 2 aliphatic carbocycles. The number of fused-ring (bicyclic) bond motifs is 1. The molecule has 0 atom stereocenters. The quantitative estimate of drug-likeness (QED) is 0.455. The number of amides is 1. The minimum absolute atomic E-state index is 0.338. The van der Waals surface area contributed by atoms with Crippen LogP contribution in [0.2, 0.25) is 0 Å². The molecule has 0 bridgehead atoms. The molecule has 1 N–H and O–H groups in total. The van der Waals surface area contributed by atoms with Gasteiger partial charge < -0.3 is 14.0 Å². The molecule has 1 amide bonds. The first-order valence-corrected chi connectivity index (χ1v) is 11.8. The van der Waals surface area contributed by atoms with Crippen LogP contribution in [0, 0.1) is 11.3 Å². The summed E-state index contributed by atoms with van der Waals surface area (Å²) in [4.78, 5) is 12.3. The summed E-state index contributed by atoms with van der Waals surface area (Å²) >= 11 is 0. The lowest BCUT2D eigenvalue weighted by Gasteiger charge is -2.37. The van der Waals surface area contributed by atoms with Gasteiger partial charge in [-0.15, -0.1) is 0 Å². The second-order valence-electron chi connectivity index (χ2n) is 9.30. The molecule has 3 aromatic rings. The van der Waals surface area contributed by atoms with E-state index in [4.69, 9.17) is 9.47 Å². The third-order valence-electron chi connectivity index (χ3n) is 6.99. The topological polar surface area (TPSA) is 76.3 Å². The molecular formula is C27H29N3O3. The highest BCUT2D eigenvalue weighted by Gasteiger charge is 2.35. The number of ether oxygens (including phenoxy) is 2. The van der Waals surface area contributed by atoms with Gasteiger partial charge in [-0.3, -0.25) is 5.32 Å². The lowest BCUT2D eigenvalue weighted by molar-refractivity contribution is -0.0256. The van der Waals surface area contributed by atoms with Crippen LogP contribution in [0.5, 0.6) is 5.75 Å². The minimum atomic E-state index is -0.422. The van der Waals surface area contributed by atoms with Crippen LogP contribution in [-0.2, 0) is 4.74 Å². The van der Waals surface area contributed by atoms with E-state index in [1.165, 1.54) is 6.42 Å². The molecular weight excluding hydrogens is 414 g/mol. The van der Waals surface area contributed by atoms with Crippen LogP contribution in [0.1, 0.15) is 64.0 Å². The van der Waals surface area contributed by atoms with Crippen LogP contribution < -0.4 is 10.1 Å². The van der Waals surface area contributed by atoms with Crippen LogP contribution in [0.4, 0.5) is 10.5 Å². The second-order valence-corrected chi connectivity index (χ2v) is 9.30. The molecule has 2 aliphatic rings. The monoisotopic (exact) mass is 443 g/mol. The van der Waals surface area contributed by atoms with E-state index in [9.17, 15) is 10.1 Å². The van der Waals surface area contributed by atoms with Crippen molar-refractivity contribution in [1.82, 2.24) is 4.57 Å². The second kappa shape index (κ2) is 8.47. The third kappa shape index (κ3) is 3.93. The van der Waals surface area contributed by atoms with E-state index in [2.05, 4.69) is 22.0 Å². The number of carbonyl (C=O) groups excluding carboxylic acids is 1. The Kier molecular flexibility index (Phi) is 5.49. The first-order chi connectivity index (χ1) is 16.0. The van der Waals surface area contributed by atoms with Gasteiger partial charge in [0.15, 0.2) is 0 Å². The number of nitrogens with zero attached hydrogens (tertiary/aromatic N) is 2. The number of benzene rings is 2. The highest BCUT2D eigenvalue weighted by Crippen LogP contribution is 2.43. The van der Waals surface area contributed by atoms with E-state index in [0.717, 1.165) is 60.0 Å². The van der Waals surface area contributed by atoms with Gasteiger partial charge in [0, 0.05) is 23.2 Å². The van der Waals surface area contributed by atoms with Crippen molar-refractivity contribution in [3.63, 3.8) is 0 Å². The molecule has 0 spiro atoms. The van der Waals surface area contributed by atoms with Gasteiger partial charge in [-0.1, -0.05) is 12.1 Å². The smallest absolute Gasteiger partial charge is 0.412 e. The highest BCUT2D eigenvalue weighted by molar-refractivity contribution is 5.96. The van der Waals surface area contributed by atoms with Crippen molar-refractivity contribution >= 4 is 22.7 Å². The fraction of sp³-hybridized carbons (Fsp3) is 0.407. The van der Waals surface area contributed by atoms with Gasteiger partial charge in [0.05, 0.1) is 23.4 Å². The summed E-state index contributed by atoms with van der Waals surface area (Å²) in [6, 6.07) is 16.5. The van der Waals surface area contributed by atoms with E-state index in [-0.39, 0.29) is 5.60 Å². The van der Waals surface area contributed by atoms with E-state index in [0.29, 0.717) is 23.9 Å². The summed E-state index contributed by atoms with van der Waals surface area (Å²) in [5, 5.41) is 13.9. The molecule has 33 heavy (non-hydrogen) atoms. The van der Waals surface area contributed by atoms with Crippen LogP contribution in [0.3, 0.4) is 0 Å². The van der Waals surface area contributed by atoms with Gasteiger partial charge in [0.1, 0.15) is 17.4 Å². The molecule has 1 heterocycles. The summed E-state index contributed by atoms with van der Waals surface area (Å²) < 4.78 is 13.6. The molecule has 0 unspecified atom stereocenters. The third-order valence-corrected chi connectivity index (χ3v) is 6.99. The van der Waals surface area contributed by atoms with E-state index < -0.39 is 6.09 Å². The normalized spacial score (nSPS) is 17.0. The lowest BCUT2D eigenvalue weighted by Crippen LogP contribution is -2.39. The maximum atomic E-state index is 12.3. The predicted octanol–water partition coefficient (Wildman–Crippen LogP) is 6.79. The SMILES string of the molecule is CCOc1ccc2c(C#N)c(-c3ccc(NC(=O)OC4(C)CCC4)cc3)n(C3CCC3)c2c1. The van der Waals surface area contributed by atoms with E-state index >= 15 is 0 Å². The van der Waals surface area contributed by atoms with Gasteiger partial charge in [-0.2, -0.15) is 5.26 Å². The average Bonchev–Trinajstić information content (AvgIpc) is 3.05. The van der Waals surface area contributed by atoms with Crippen molar-refractivity contribution in [3.05, 3.63) is 48.0 Å². The average molecular weight is 444 g/mol. The predicted molar refractivity (Wildman–Crippen MR) is 129 cm³/mol. The Bertz CT molecular complexity index is 1230. The van der Waals surface area contributed by atoms with Gasteiger partial charge in [0.25, 0.3) is 0 Å². The summed E-state index contributed by atoms with van der Waals surface area (Å²) in [6.07, 6.45) is 5.89. The molecule has 6 nitrogen and oxygen atoms in total. The van der Waals surface area contributed by atoms with Crippen molar-refractivity contribution in [2.75, 3.05) is 11.9 Å². The molecule has 0 radical (unpaired) electrons. The van der Waals surface area contributed by atoms with Crippen LogP contribution in [0.15, 0.2) is 42.5 Å². The van der Waals surface area contributed by atoms with Gasteiger partial charge in [0.2, 0.25) is 0 Å². The summed E-state index contributed by atoms with van der Waals surface area (Å²) in [5.74, 6) is 0.817. The molecule has 2 saturated carbocycles. The number of anilines is 1. The summed E-state index contributed by atoms with van der Waals surface area (Å²) in [6.45, 7) is 4.54. The Balaban J connectivity index is 1.49. The standard InChI is InChI=1S/C27H29N3O3/c1-3-32-21-12-13-22-23(17-28)25(30(24(22)16-21)20-6-4-7-20)18-8-10-19(11-9-18)29-26(31)33-27(2)14-5-15-27/h8-13,16,20H,3-7,14-15H2,1-2H3,(H,29,31). The Morgan fingerprint density at radius 3 is 2.52 bits per heavy atom. The van der Waals surface area contributed by atoms with Crippen LogP contribution in [-0.4, -0.2) is 22.9 Å². The number of carbonyl (C=O) groups is 1. The number of hydrogen-bond donors (Lipinski definition) is 1. The number of nitriles is 1. The van der Waals surface area contributed by atoms with Crippen LogP contribution in [0.25, 0.3) is 22.2 Å². The maximum Gasteiger partial charge on any atom is 0.412 e. The fourth-order valence-electron chi connectivity index (χ4n) is 4.82. The Morgan fingerprint density at radius 1 is 1.18 bits per heavy atom. The molecule has 2 fully saturated rings.